The first-order valence-electron chi connectivity index (χ1n) is 6.73. The van der Waals surface area contributed by atoms with Crippen molar-refractivity contribution in [2.45, 2.75) is 26.4 Å². The highest BCUT2D eigenvalue weighted by molar-refractivity contribution is 5.67. The predicted molar refractivity (Wildman–Crippen MR) is 81.8 cm³/mol. The second kappa shape index (κ2) is 7.06. The Balaban J connectivity index is 2.44. The summed E-state index contributed by atoms with van der Waals surface area (Å²) in [6, 6.07) is 5.18. The quantitative estimate of drug-likeness (QED) is 0.845. The highest BCUT2D eigenvalue weighted by atomic mass is 16.6. The van der Waals surface area contributed by atoms with Crippen molar-refractivity contribution in [1.29, 1.82) is 0 Å². The summed E-state index contributed by atoms with van der Waals surface area (Å²) in [7, 11) is 3.22. The molecule has 0 spiro atoms. The summed E-state index contributed by atoms with van der Waals surface area (Å²) in [5, 5.41) is 0. The van der Waals surface area contributed by atoms with Gasteiger partial charge < -0.3 is 24.8 Å². The lowest BCUT2D eigenvalue weighted by Gasteiger charge is -2.24. The van der Waals surface area contributed by atoms with Crippen molar-refractivity contribution in [3.05, 3.63) is 18.2 Å². The van der Waals surface area contributed by atoms with Crippen molar-refractivity contribution in [1.82, 2.24) is 4.90 Å². The molecule has 1 rings (SSSR count). The van der Waals surface area contributed by atoms with Gasteiger partial charge in [0.25, 0.3) is 0 Å². The van der Waals surface area contributed by atoms with Gasteiger partial charge in [-0.15, -0.1) is 0 Å². The zero-order chi connectivity index (χ0) is 16.0. The van der Waals surface area contributed by atoms with Gasteiger partial charge in [-0.2, -0.15) is 0 Å². The normalized spacial score (nSPS) is 10.9. The number of hydrogen-bond acceptors (Lipinski definition) is 5. The molecule has 0 radical (unpaired) electrons. The molecule has 0 saturated carbocycles. The van der Waals surface area contributed by atoms with E-state index in [1.165, 1.54) is 4.90 Å². The van der Waals surface area contributed by atoms with Gasteiger partial charge in [-0.25, -0.2) is 4.79 Å². The average molecular weight is 296 g/mol. The number of ether oxygens (including phenoxy) is 3. The minimum Gasteiger partial charge on any atom is -0.494 e. The van der Waals surface area contributed by atoms with Crippen molar-refractivity contribution < 1.29 is 19.0 Å². The SMILES string of the molecule is COc1cc(OCCN(C)C(=O)OC(C)(C)C)ccc1N. The molecule has 6 heteroatoms. The third-order valence-corrected chi connectivity index (χ3v) is 2.61. The van der Waals surface area contributed by atoms with E-state index < -0.39 is 5.60 Å². The molecule has 0 saturated heterocycles. The number of nitrogens with two attached hydrogens (primary N) is 1. The van der Waals surface area contributed by atoms with Crippen LogP contribution in [0.4, 0.5) is 10.5 Å². The van der Waals surface area contributed by atoms with Crippen molar-refractivity contribution in [2.75, 3.05) is 33.0 Å². The van der Waals surface area contributed by atoms with Gasteiger partial charge in [-0.1, -0.05) is 0 Å². The maximum absolute atomic E-state index is 11.8. The largest absolute Gasteiger partial charge is 0.494 e. The standard InChI is InChI=1S/C15H24N2O4/c1-15(2,3)21-14(18)17(4)8-9-20-11-6-7-12(16)13(10-11)19-5/h6-7,10H,8-9,16H2,1-5H3. The molecule has 0 atom stereocenters. The fourth-order valence-electron chi connectivity index (χ4n) is 1.51. The van der Waals surface area contributed by atoms with E-state index in [4.69, 9.17) is 19.9 Å². The molecule has 1 aromatic carbocycles. The third kappa shape index (κ3) is 5.81. The molecule has 21 heavy (non-hydrogen) atoms. The summed E-state index contributed by atoms with van der Waals surface area (Å²) < 4.78 is 15.9. The van der Waals surface area contributed by atoms with Crippen LogP contribution < -0.4 is 15.2 Å². The van der Waals surface area contributed by atoms with Gasteiger partial charge in [0.2, 0.25) is 0 Å². The van der Waals surface area contributed by atoms with E-state index in [-0.39, 0.29) is 6.09 Å². The lowest BCUT2D eigenvalue weighted by molar-refractivity contribution is 0.0278. The number of hydrogen-bond donors (Lipinski definition) is 1. The topological polar surface area (TPSA) is 74.0 Å². The highest BCUT2D eigenvalue weighted by Gasteiger charge is 2.19. The molecule has 0 aliphatic rings. The Morgan fingerprint density at radius 1 is 1.33 bits per heavy atom. The van der Waals surface area contributed by atoms with Crippen molar-refractivity contribution >= 4 is 11.8 Å². The number of nitrogens with zero attached hydrogens (tertiary/aromatic N) is 1. The van der Waals surface area contributed by atoms with Crippen LogP contribution in [0.25, 0.3) is 0 Å². The first-order chi connectivity index (χ1) is 9.73. The summed E-state index contributed by atoms with van der Waals surface area (Å²) in [6.45, 7) is 6.26. The minimum atomic E-state index is -0.503. The molecule has 0 bridgehead atoms. The lowest BCUT2D eigenvalue weighted by Crippen LogP contribution is -2.36. The fraction of sp³-hybridized carbons (Fsp3) is 0.533. The second-order valence-corrected chi connectivity index (χ2v) is 5.65. The molecule has 1 aromatic rings. The lowest BCUT2D eigenvalue weighted by atomic mass is 10.2. The number of benzene rings is 1. The molecule has 1 amide bonds. The number of amides is 1. The average Bonchev–Trinajstić information content (AvgIpc) is 2.38. The van der Waals surface area contributed by atoms with Crippen LogP contribution in [0.3, 0.4) is 0 Å². The Kier molecular flexibility index (Phi) is 5.69. The van der Waals surface area contributed by atoms with Gasteiger partial charge in [-0.05, 0) is 32.9 Å². The van der Waals surface area contributed by atoms with Crippen molar-refractivity contribution in [2.24, 2.45) is 0 Å². The molecule has 2 N–H and O–H groups in total. The zero-order valence-electron chi connectivity index (χ0n) is 13.3. The van der Waals surface area contributed by atoms with Crippen LogP contribution in [0, 0.1) is 0 Å². The molecular weight excluding hydrogens is 272 g/mol. The van der Waals surface area contributed by atoms with Gasteiger partial charge in [0.05, 0.1) is 19.3 Å². The number of likely N-dealkylation sites (N-methyl/N-ethyl adjacent to an activating group) is 1. The Morgan fingerprint density at radius 3 is 2.57 bits per heavy atom. The third-order valence-electron chi connectivity index (χ3n) is 2.61. The summed E-state index contributed by atoms with van der Waals surface area (Å²) in [4.78, 5) is 13.2. The van der Waals surface area contributed by atoms with E-state index in [0.29, 0.717) is 30.3 Å². The van der Waals surface area contributed by atoms with E-state index in [1.54, 1.807) is 32.4 Å². The number of anilines is 1. The summed E-state index contributed by atoms with van der Waals surface area (Å²) in [5.74, 6) is 1.20. The minimum absolute atomic E-state index is 0.350. The van der Waals surface area contributed by atoms with Crippen LogP contribution in [0.1, 0.15) is 20.8 Å². The molecule has 0 aliphatic carbocycles. The van der Waals surface area contributed by atoms with E-state index in [9.17, 15) is 4.79 Å². The molecule has 118 valence electrons. The van der Waals surface area contributed by atoms with Gasteiger partial charge in [-0.3, -0.25) is 0 Å². The number of rotatable bonds is 5. The van der Waals surface area contributed by atoms with Crippen LogP contribution in [0.5, 0.6) is 11.5 Å². The number of methoxy groups -OCH3 is 1. The summed E-state index contributed by atoms with van der Waals surface area (Å²) in [6.07, 6.45) is -0.374. The van der Waals surface area contributed by atoms with Gasteiger partial charge in [0.1, 0.15) is 23.7 Å². The molecule has 0 aromatic heterocycles. The Morgan fingerprint density at radius 2 is 2.00 bits per heavy atom. The second-order valence-electron chi connectivity index (χ2n) is 5.65. The maximum atomic E-state index is 11.8. The Hall–Kier alpha value is -2.11. The first-order valence-corrected chi connectivity index (χ1v) is 6.73. The Labute approximate surface area is 125 Å². The van der Waals surface area contributed by atoms with Crippen molar-refractivity contribution in [3.63, 3.8) is 0 Å². The predicted octanol–water partition coefficient (Wildman–Crippen LogP) is 2.52. The van der Waals surface area contributed by atoms with E-state index in [0.717, 1.165) is 0 Å². The van der Waals surface area contributed by atoms with Gasteiger partial charge in [0, 0.05) is 13.1 Å². The van der Waals surface area contributed by atoms with Crippen molar-refractivity contribution in [3.8, 4) is 11.5 Å². The van der Waals surface area contributed by atoms with E-state index >= 15 is 0 Å². The molecular formula is C15H24N2O4. The van der Waals surface area contributed by atoms with Crippen LogP contribution >= 0.6 is 0 Å². The van der Waals surface area contributed by atoms with Gasteiger partial charge >= 0.3 is 6.09 Å². The monoisotopic (exact) mass is 296 g/mol. The van der Waals surface area contributed by atoms with Crippen LogP contribution in [0.15, 0.2) is 18.2 Å². The zero-order valence-corrected chi connectivity index (χ0v) is 13.3. The highest BCUT2D eigenvalue weighted by Crippen LogP contribution is 2.26. The molecule has 6 nitrogen and oxygen atoms in total. The summed E-state index contributed by atoms with van der Waals surface area (Å²) >= 11 is 0. The maximum Gasteiger partial charge on any atom is 0.410 e. The van der Waals surface area contributed by atoms with Crippen LogP contribution in [0.2, 0.25) is 0 Å². The number of carbonyl (C=O) groups excluding carboxylic acids is 1. The number of carbonyl (C=O) groups is 1. The van der Waals surface area contributed by atoms with Crippen LogP contribution in [-0.4, -0.2) is 43.9 Å². The fourth-order valence-corrected chi connectivity index (χ4v) is 1.51. The van der Waals surface area contributed by atoms with Gasteiger partial charge in [0.15, 0.2) is 0 Å². The Bertz CT molecular complexity index is 483. The molecule has 0 fully saturated rings. The molecule has 0 aliphatic heterocycles. The smallest absolute Gasteiger partial charge is 0.410 e. The first kappa shape index (κ1) is 16.9. The van der Waals surface area contributed by atoms with E-state index in [1.807, 2.05) is 20.8 Å². The van der Waals surface area contributed by atoms with Crippen LogP contribution in [-0.2, 0) is 4.74 Å². The van der Waals surface area contributed by atoms with E-state index in [2.05, 4.69) is 0 Å². The molecule has 0 heterocycles. The molecule has 0 unspecified atom stereocenters. The summed E-state index contributed by atoms with van der Waals surface area (Å²) in [5.41, 5.74) is 5.77. The number of nitrogen functional groups attached to an aromatic ring is 1.